The number of hydrogen-bond acceptors (Lipinski definition) is 5. The zero-order chi connectivity index (χ0) is 28.7. The topological polar surface area (TPSA) is 40.8 Å². The first-order chi connectivity index (χ1) is 19.8. The van der Waals surface area contributed by atoms with Crippen LogP contribution in [-0.4, -0.2) is 32.8 Å². The summed E-state index contributed by atoms with van der Waals surface area (Å²) in [6.45, 7) is 0. The van der Waals surface area contributed by atoms with E-state index in [2.05, 4.69) is 94.4 Å². The summed E-state index contributed by atoms with van der Waals surface area (Å²) in [6.07, 6.45) is 7.18. The van der Waals surface area contributed by atoms with Crippen molar-refractivity contribution in [2.75, 3.05) is 38.0 Å². The number of anilines is 2. The van der Waals surface area contributed by atoms with E-state index in [0.29, 0.717) is 4.53 Å². The number of rotatable bonds is 5. The van der Waals surface area contributed by atoms with Gasteiger partial charge in [0.05, 0.1) is 16.3 Å². The van der Waals surface area contributed by atoms with Crippen molar-refractivity contribution >= 4 is 50.8 Å². The molecule has 0 saturated carbocycles. The van der Waals surface area contributed by atoms with E-state index in [1.165, 1.54) is 33.7 Å². The Kier molecular flexibility index (Phi) is 7.58. The number of hydrogen-bond donors (Lipinski definition) is 0. The molecule has 6 rings (SSSR count). The Labute approximate surface area is 253 Å². The van der Waals surface area contributed by atoms with Gasteiger partial charge in [-0.1, -0.05) is 63.7 Å². The van der Waals surface area contributed by atoms with E-state index < -0.39 is 0 Å². The number of aromatic nitrogens is 1. The van der Waals surface area contributed by atoms with Crippen LogP contribution in [0.2, 0.25) is 0 Å². The maximum absolute atomic E-state index is 14.0. The van der Waals surface area contributed by atoms with Crippen LogP contribution in [0.1, 0.15) is 42.0 Å². The molecule has 208 valence electrons. The van der Waals surface area contributed by atoms with E-state index in [4.69, 9.17) is 4.99 Å². The molecule has 5 nitrogen and oxygen atoms in total. The van der Waals surface area contributed by atoms with E-state index in [1.807, 2.05) is 49.0 Å². The van der Waals surface area contributed by atoms with E-state index in [0.717, 1.165) is 51.0 Å². The molecule has 41 heavy (non-hydrogen) atoms. The van der Waals surface area contributed by atoms with Gasteiger partial charge in [-0.3, -0.25) is 9.36 Å². The molecule has 0 fully saturated rings. The Bertz CT molecular complexity index is 1830. The Morgan fingerprint density at radius 2 is 1.41 bits per heavy atom. The van der Waals surface area contributed by atoms with Crippen molar-refractivity contribution in [2.24, 2.45) is 4.99 Å². The lowest BCUT2D eigenvalue weighted by atomic mass is 9.83. The molecule has 2 heterocycles. The van der Waals surface area contributed by atoms with Gasteiger partial charge in [-0.2, -0.15) is 0 Å². The highest BCUT2D eigenvalue weighted by Crippen LogP contribution is 2.41. The first-order valence-electron chi connectivity index (χ1n) is 13.8. The zero-order valence-corrected chi connectivity index (χ0v) is 26.2. The number of fused-ring (bicyclic) bond motifs is 1. The minimum Gasteiger partial charge on any atom is -0.378 e. The second kappa shape index (κ2) is 11.3. The van der Waals surface area contributed by atoms with Crippen LogP contribution in [0.15, 0.2) is 104 Å². The van der Waals surface area contributed by atoms with Crippen molar-refractivity contribution in [1.82, 2.24) is 4.57 Å². The molecule has 0 amide bonds. The number of benzene rings is 3. The minimum absolute atomic E-state index is 0.0142. The van der Waals surface area contributed by atoms with Crippen molar-refractivity contribution in [3.63, 3.8) is 0 Å². The molecule has 3 aromatic carbocycles. The Balaban J connectivity index is 1.53. The summed E-state index contributed by atoms with van der Waals surface area (Å²) in [4.78, 5) is 24.2. The van der Waals surface area contributed by atoms with E-state index in [-0.39, 0.29) is 11.6 Å². The maximum Gasteiger partial charge on any atom is 0.271 e. The highest BCUT2D eigenvalue weighted by atomic mass is 79.9. The summed E-state index contributed by atoms with van der Waals surface area (Å²) in [6, 6.07) is 25.1. The molecule has 0 radical (unpaired) electrons. The fraction of sp³-hybridized carbons (Fsp3) is 0.235. The summed E-state index contributed by atoms with van der Waals surface area (Å²) in [5.41, 5.74) is 9.12. The molecular formula is C34H33BrN4OS. The van der Waals surface area contributed by atoms with Gasteiger partial charge >= 0.3 is 0 Å². The number of thiazole rings is 1. The number of allylic oxidation sites excluding steroid dienone is 2. The van der Waals surface area contributed by atoms with Gasteiger partial charge in [-0.25, -0.2) is 4.99 Å². The molecule has 1 aromatic heterocycles. The lowest BCUT2D eigenvalue weighted by molar-refractivity contribution is 0.553. The van der Waals surface area contributed by atoms with Crippen LogP contribution in [0.3, 0.4) is 0 Å². The lowest BCUT2D eigenvalue weighted by Gasteiger charge is -2.31. The van der Waals surface area contributed by atoms with Gasteiger partial charge in [-0.15, -0.1) is 0 Å². The summed E-state index contributed by atoms with van der Waals surface area (Å²) in [7, 11) is 8.20. The Morgan fingerprint density at radius 3 is 2.05 bits per heavy atom. The zero-order valence-electron chi connectivity index (χ0n) is 23.8. The fourth-order valence-electron chi connectivity index (χ4n) is 5.59. The van der Waals surface area contributed by atoms with Crippen molar-refractivity contribution in [1.29, 1.82) is 0 Å². The molecule has 0 N–H and O–H groups in total. The van der Waals surface area contributed by atoms with Gasteiger partial charge < -0.3 is 9.80 Å². The monoisotopic (exact) mass is 624 g/mol. The second-order valence-corrected chi connectivity index (χ2v) is 12.9. The maximum atomic E-state index is 14.0. The third kappa shape index (κ3) is 5.48. The first-order valence-corrected chi connectivity index (χ1v) is 15.5. The van der Waals surface area contributed by atoms with Gasteiger partial charge in [0, 0.05) is 44.0 Å². The summed E-state index contributed by atoms with van der Waals surface area (Å²) in [5.74, 6) is 0. The first kappa shape index (κ1) is 27.5. The van der Waals surface area contributed by atoms with Gasteiger partial charge in [0.1, 0.15) is 0 Å². The second-order valence-electron chi connectivity index (χ2n) is 11.0. The average Bonchev–Trinajstić information content (AvgIpc) is 3.28. The highest BCUT2D eigenvalue weighted by molar-refractivity contribution is 9.10. The molecule has 1 atom stereocenters. The van der Waals surface area contributed by atoms with Crippen LogP contribution in [0.25, 0.3) is 12.2 Å². The third-order valence-electron chi connectivity index (χ3n) is 7.78. The van der Waals surface area contributed by atoms with E-state index in [1.54, 1.807) is 0 Å². The standard InChI is InChI=1S/C34H33BrN4OS/c1-37(2)27-16-10-22(11-17-27)20-25-6-5-7-29-31(25)36-34-39(32(29)24-12-18-28(19-13-24)38(3)4)33(40)30(41-34)21-23-8-14-26(35)15-9-23/h8-21,32H,5-7H2,1-4H3/b25-20+,30-21-. The lowest BCUT2D eigenvalue weighted by Crippen LogP contribution is -2.39. The van der Waals surface area contributed by atoms with E-state index in [9.17, 15) is 4.79 Å². The molecule has 4 aromatic rings. The largest absolute Gasteiger partial charge is 0.378 e. The van der Waals surface area contributed by atoms with Crippen LogP contribution in [-0.2, 0) is 0 Å². The van der Waals surface area contributed by atoms with E-state index >= 15 is 0 Å². The van der Waals surface area contributed by atoms with Gasteiger partial charge in [0.2, 0.25) is 0 Å². The summed E-state index contributed by atoms with van der Waals surface area (Å²) >= 11 is 4.98. The van der Waals surface area contributed by atoms with Crippen LogP contribution in [0.4, 0.5) is 11.4 Å². The molecular weight excluding hydrogens is 592 g/mol. The average molecular weight is 626 g/mol. The SMILES string of the molecule is CN(C)c1ccc(/C=C2\CCCC3=C2N=c2s/c(=C\c4ccc(Br)cc4)c(=O)n2C3c2ccc(N(C)C)cc2)cc1. The van der Waals surface area contributed by atoms with Crippen LogP contribution >= 0.6 is 27.3 Å². The minimum atomic E-state index is -0.177. The van der Waals surface area contributed by atoms with Crippen LogP contribution < -0.4 is 24.7 Å². The van der Waals surface area contributed by atoms with Gasteiger partial charge in [0.25, 0.3) is 5.56 Å². The molecule has 0 bridgehead atoms. The smallest absolute Gasteiger partial charge is 0.271 e. The number of halogens is 1. The summed E-state index contributed by atoms with van der Waals surface area (Å²) < 4.78 is 3.64. The third-order valence-corrected chi connectivity index (χ3v) is 9.29. The molecule has 1 aliphatic heterocycles. The Morgan fingerprint density at radius 1 is 0.829 bits per heavy atom. The normalized spacial score (nSPS) is 17.7. The Hall–Kier alpha value is -3.68. The quantitative estimate of drug-likeness (QED) is 0.259. The van der Waals surface area contributed by atoms with Crippen molar-refractivity contribution in [3.8, 4) is 0 Å². The van der Waals surface area contributed by atoms with Crippen molar-refractivity contribution in [2.45, 2.75) is 25.3 Å². The molecule has 1 aliphatic carbocycles. The molecule has 0 spiro atoms. The predicted molar refractivity (Wildman–Crippen MR) is 176 cm³/mol. The molecule has 2 aliphatic rings. The predicted octanol–water partition coefficient (Wildman–Crippen LogP) is 6.38. The molecule has 7 heteroatoms. The molecule has 1 unspecified atom stereocenters. The fourth-order valence-corrected chi connectivity index (χ4v) is 6.86. The number of nitrogens with zero attached hydrogens (tertiary/aromatic N) is 4. The van der Waals surface area contributed by atoms with Crippen molar-refractivity contribution < 1.29 is 0 Å². The van der Waals surface area contributed by atoms with Crippen LogP contribution in [0.5, 0.6) is 0 Å². The van der Waals surface area contributed by atoms with Gasteiger partial charge in [-0.05, 0) is 95.6 Å². The van der Waals surface area contributed by atoms with Crippen LogP contribution in [0, 0.1) is 0 Å². The van der Waals surface area contributed by atoms with Crippen molar-refractivity contribution in [3.05, 3.63) is 130 Å². The molecule has 0 saturated heterocycles. The highest BCUT2D eigenvalue weighted by Gasteiger charge is 2.32. The summed E-state index contributed by atoms with van der Waals surface area (Å²) in [5, 5.41) is 0. The van der Waals surface area contributed by atoms with Gasteiger partial charge in [0.15, 0.2) is 4.80 Å².